The van der Waals surface area contributed by atoms with Crippen LogP contribution in [0.2, 0.25) is 0 Å². The fraction of sp³-hybridized carbons (Fsp3) is 0.875. The van der Waals surface area contributed by atoms with Crippen molar-refractivity contribution in [2.75, 3.05) is 7.11 Å². The van der Waals surface area contributed by atoms with Crippen molar-refractivity contribution < 1.29 is 14.3 Å². The fourth-order valence-corrected chi connectivity index (χ4v) is 3.05. The van der Waals surface area contributed by atoms with Gasteiger partial charge in [0, 0.05) is 7.11 Å². The zero-order valence-electron chi connectivity index (χ0n) is 7.82. The van der Waals surface area contributed by atoms with Crippen molar-refractivity contribution in [2.24, 2.45) is 0 Å². The Bertz CT molecular complexity index is 198. The average molecular weight is 269 g/mol. The molecule has 3 atom stereocenters. The lowest BCUT2D eigenvalue weighted by Crippen LogP contribution is -2.27. The maximum Gasteiger partial charge on any atom is 0.323 e. The van der Waals surface area contributed by atoms with Crippen LogP contribution < -0.4 is 0 Å². The lowest BCUT2D eigenvalue weighted by molar-refractivity contribution is -0.157. The van der Waals surface area contributed by atoms with Crippen LogP contribution in [0.15, 0.2) is 0 Å². The molecule has 0 saturated carbocycles. The summed E-state index contributed by atoms with van der Waals surface area (Å²) in [4.78, 5) is 10.9. The normalized spacial score (nSPS) is 33.9. The number of carbonyl (C=O) groups excluding carboxylic acids is 1. The summed E-state index contributed by atoms with van der Waals surface area (Å²) in [7, 11) is 1.55. The topological polar surface area (TPSA) is 35.5 Å². The SMILES string of the molecule is COC1OC(=O)C(Br)C1SC(C)C. The Hall–Kier alpha value is 0.260. The first-order valence-corrected chi connectivity index (χ1v) is 5.95. The molecule has 0 spiro atoms. The maximum atomic E-state index is 11.2. The Morgan fingerprint density at radius 3 is 2.69 bits per heavy atom. The molecule has 3 nitrogen and oxygen atoms in total. The number of hydrogen-bond acceptors (Lipinski definition) is 4. The third-order valence-corrected chi connectivity index (χ3v) is 4.32. The van der Waals surface area contributed by atoms with Crippen molar-refractivity contribution in [1.29, 1.82) is 0 Å². The van der Waals surface area contributed by atoms with E-state index in [9.17, 15) is 4.79 Å². The molecule has 76 valence electrons. The molecule has 0 N–H and O–H groups in total. The van der Waals surface area contributed by atoms with E-state index in [1.807, 2.05) is 0 Å². The van der Waals surface area contributed by atoms with Crippen LogP contribution in [0.5, 0.6) is 0 Å². The first-order valence-electron chi connectivity index (χ1n) is 4.09. The Labute approximate surface area is 90.7 Å². The van der Waals surface area contributed by atoms with Crippen molar-refractivity contribution in [2.45, 2.75) is 35.5 Å². The van der Waals surface area contributed by atoms with Crippen molar-refractivity contribution in [3.63, 3.8) is 0 Å². The van der Waals surface area contributed by atoms with Crippen LogP contribution >= 0.6 is 27.7 Å². The number of rotatable bonds is 3. The van der Waals surface area contributed by atoms with E-state index >= 15 is 0 Å². The number of ether oxygens (including phenoxy) is 2. The lowest BCUT2D eigenvalue weighted by atomic mass is 10.3. The van der Waals surface area contributed by atoms with E-state index in [2.05, 4.69) is 29.8 Å². The highest BCUT2D eigenvalue weighted by molar-refractivity contribution is 9.10. The monoisotopic (exact) mass is 268 g/mol. The number of alkyl halides is 1. The highest BCUT2D eigenvalue weighted by atomic mass is 79.9. The molecule has 0 aromatic rings. The van der Waals surface area contributed by atoms with Gasteiger partial charge in [-0.15, -0.1) is 11.8 Å². The molecule has 1 rings (SSSR count). The summed E-state index contributed by atoms with van der Waals surface area (Å²) in [5.74, 6) is -0.231. The molecule has 1 heterocycles. The van der Waals surface area contributed by atoms with Gasteiger partial charge < -0.3 is 9.47 Å². The Morgan fingerprint density at radius 2 is 2.23 bits per heavy atom. The second kappa shape index (κ2) is 4.66. The lowest BCUT2D eigenvalue weighted by Gasteiger charge is -2.18. The predicted octanol–water partition coefficient (Wildman–Crippen LogP) is 1.79. The molecular formula is C8H13BrO3S. The van der Waals surface area contributed by atoms with Gasteiger partial charge in [-0.05, 0) is 5.25 Å². The van der Waals surface area contributed by atoms with Gasteiger partial charge >= 0.3 is 5.97 Å². The number of thioether (sulfide) groups is 1. The Morgan fingerprint density at radius 1 is 1.62 bits per heavy atom. The standard InChI is InChI=1S/C8H13BrO3S/c1-4(2)13-6-5(9)7(10)12-8(6)11-3/h4-6,8H,1-3H3. The molecule has 1 aliphatic heterocycles. The average Bonchev–Trinajstić information content (AvgIpc) is 2.31. The second-order valence-electron chi connectivity index (χ2n) is 3.09. The molecule has 0 aromatic heterocycles. The van der Waals surface area contributed by atoms with E-state index in [0.29, 0.717) is 5.25 Å². The highest BCUT2D eigenvalue weighted by Crippen LogP contribution is 2.34. The number of carbonyl (C=O) groups is 1. The smallest absolute Gasteiger partial charge is 0.323 e. The number of halogens is 1. The molecule has 1 saturated heterocycles. The van der Waals surface area contributed by atoms with Crippen molar-refractivity contribution >= 4 is 33.7 Å². The molecule has 1 aliphatic rings. The highest BCUT2D eigenvalue weighted by Gasteiger charge is 2.44. The molecule has 0 aromatic carbocycles. The maximum absolute atomic E-state index is 11.2. The summed E-state index contributed by atoms with van der Waals surface area (Å²) in [5.41, 5.74) is 0. The quantitative estimate of drug-likeness (QED) is 0.578. The third kappa shape index (κ3) is 2.60. The number of hydrogen-bond donors (Lipinski definition) is 0. The largest absolute Gasteiger partial charge is 0.434 e. The Balaban J connectivity index is 2.62. The van der Waals surface area contributed by atoms with E-state index in [-0.39, 0.29) is 16.0 Å². The van der Waals surface area contributed by atoms with E-state index in [4.69, 9.17) is 9.47 Å². The molecular weight excluding hydrogens is 256 g/mol. The minimum Gasteiger partial charge on any atom is -0.434 e. The van der Waals surface area contributed by atoms with Crippen LogP contribution in [-0.4, -0.2) is 34.7 Å². The molecule has 0 radical (unpaired) electrons. The second-order valence-corrected chi connectivity index (χ2v) is 5.84. The summed E-state index contributed by atoms with van der Waals surface area (Å²) >= 11 is 4.99. The van der Waals surface area contributed by atoms with Gasteiger partial charge in [-0.3, -0.25) is 4.79 Å². The van der Waals surface area contributed by atoms with Crippen LogP contribution in [-0.2, 0) is 14.3 Å². The van der Waals surface area contributed by atoms with Gasteiger partial charge in [-0.2, -0.15) is 0 Å². The van der Waals surface area contributed by atoms with Crippen LogP contribution in [0.3, 0.4) is 0 Å². The van der Waals surface area contributed by atoms with Gasteiger partial charge in [0.15, 0.2) is 0 Å². The molecule has 0 bridgehead atoms. The number of cyclic esters (lactones) is 1. The first-order chi connectivity index (χ1) is 6.06. The van der Waals surface area contributed by atoms with Crippen LogP contribution in [0.1, 0.15) is 13.8 Å². The molecule has 1 fully saturated rings. The molecule has 0 amide bonds. The molecule has 5 heteroatoms. The zero-order chi connectivity index (χ0) is 10.0. The minimum atomic E-state index is -0.413. The molecule has 13 heavy (non-hydrogen) atoms. The summed E-state index contributed by atoms with van der Waals surface area (Å²) < 4.78 is 10.1. The van der Waals surface area contributed by atoms with Gasteiger partial charge in [0.25, 0.3) is 0 Å². The van der Waals surface area contributed by atoms with E-state index in [0.717, 1.165) is 0 Å². The summed E-state index contributed by atoms with van der Waals surface area (Å²) in [5, 5.41) is 0.509. The van der Waals surface area contributed by atoms with E-state index in [1.54, 1.807) is 18.9 Å². The fourth-order valence-electron chi connectivity index (χ4n) is 1.15. The molecule has 0 aliphatic carbocycles. The first kappa shape index (κ1) is 11.3. The van der Waals surface area contributed by atoms with Gasteiger partial charge in [-0.1, -0.05) is 29.8 Å². The minimum absolute atomic E-state index is 0.0532. The van der Waals surface area contributed by atoms with Gasteiger partial charge in [0.05, 0.1) is 5.25 Å². The van der Waals surface area contributed by atoms with Gasteiger partial charge in [0.1, 0.15) is 4.83 Å². The summed E-state index contributed by atoms with van der Waals surface area (Å²) in [6.45, 7) is 4.17. The van der Waals surface area contributed by atoms with Gasteiger partial charge in [0.2, 0.25) is 6.29 Å². The Kier molecular flexibility index (Phi) is 4.06. The summed E-state index contributed by atoms with van der Waals surface area (Å²) in [6, 6.07) is 0. The van der Waals surface area contributed by atoms with Crippen LogP contribution in [0.25, 0.3) is 0 Å². The van der Waals surface area contributed by atoms with E-state index in [1.165, 1.54) is 0 Å². The predicted molar refractivity (Wildman–Crippen MR) is 56.1 cm³/mol. The molecule has 3 unspecified atom stereocenters. The van der Waals surface area contributed by atoms with Crippen molar-refractivity contribution in [3.05, 3.63) is 0 Å². The third-order valence-electron chi connectivity index (χ3n) is 1.68. The van der Waals surface area contributed by atoms with Crippen LogP contribution in [0, 0.1) is 0 Å². The summed E-state index contributed by atoms with van der Waals surface area (Å²) in [6.07, 6.45) is -0.413. The van der Waals surface area contributed by atoms with Crippen molar-refractivity contribution in [1.82, 2.24) is 0 Å². The number of methoxy groups -OCH3 is 1. The zero-order valence-corrected chi connectivity index (χ0v) is 10.2. The van der Waals surface area contributed by atoms with Gasteiger partial charge in [-0.25, -0.2) is 0 Å². The van der Waals surface area contributed by atoms with E-state index < -0.39 is 6.29 Å². The number of esters is 1. The van der Waals surface area contributed by atoms with Crippen molar-refractivity contribution in [3.8, 4) is 0 Å². The van der Waals surface area contributed by atoms with Crippen LogP contribution in [0.4, 0.5) is 0 Å².